The first-order chi connectivity index (χ1) is 8.54. The molecule has 0 fully saturated rings. The van der Waals surface area contributed by atoms with Gasteiger partial charge in [-0.05, 0) is 54.0 Å². The van der Waals surface area contributed by atoms with Gasteiger partial charge in [-0.2, -0.15) is 0 Å². The van der Waals surface area contributed by atoms with Crippen molar-refractivity contribution in [2.75, 3.05) is 0 Å². The zero-order valence-electron chi connectivity index (χ0n) is 10.3. The largest absolute Gasteiger partial charge is 0.508 e. The van der Waals surface area contributed by atoms with Gasteiger partial charge in [-0.15, -0.1) is 0 Å². The average molecular weight is 308 g/mol. The molecule has 0 bridgehead atoms. The molecule has 0 spiro atoms. The second kappa shape index (κ2) is 4.98. The second-order valence-corrected chi connectivity index (χ2v) is 4.97. The van der Waals surface area contributed by atoms with E-state index in [-0.39, 0.29) is 11.3 Å². The zero-order valence-corrected chi connectivity index (χ0v) is 11.9. The maximum atomic E-state index is 12.1. The topological polar surface area (TPSA) is 42.2 Å². The molecule has 1 aromatic carbocycles. The summed E-state index contributed by atoms with van der Waals surface area (Å²) in [5, 5.41) is 9.41. The summed E-state index contributed by atoms with van der Waals surface area (Å²) in [6.45, 7) is 4.37. The Morgan fingerprint density at radius 3 is 2.61 bits per heavy atom. The molecule has 1 N–H and O–H groups in total. The summed E-state index contributed by atoms with van der Waals surface area (Å²) in [6, 6.07) is 8.79. The first-order valence-electron chi connectivity index (χ1n) is 5.74. The van der Waals surface area contributed by atoms with Gasteiger partial charge in [0.2, 0.25) is 0 Å². The van der Waals surface area contributed by atoms with E-state index < -0.39 is 0 Å². The lowest BCUT2D eigenvalue weighted by atomic mass is 10.1. The fourth-order valence-corrected chi connectivity index (χ4v) is 2.52. The minimum Gasteiger partial charge on any atom is -0.508 e. The van der Waals surface area contributed by atoms with Crippen molar-refractivity contribution in [1.82, 2.24) is 4.57 Å². The molecule has 0 aliphatic heterocycles. The number of halogens is 1. The molecule has 0 aliphatic rings. The van der Waals surface area contributed by atoms with E-state index in [4.69, 9.17) is 0 Å². The van der Waals surface area contributed by atoms with Crippen molar-refractivity contribution >= 4 is 15.9 Å². The molecule has 0 aliphatic carbocycles. The molecular weight excluding hydrogens is 294 g/mol. The van der Waals surface area contributed by atoms with Gasteiger partial charge in [-0.25, -0.2) is 0 Å². The summed E-state index contributed by atoms with van der Waals surface area (Å²) in [7, 11) is 0. The van der Waals surface area contributed by atoms with Crippen LogP contribution in [0.2, 0.25) is 0 Å². The monoisotopic (exact) mass is 307 g/mol. The van der Waals surface area contributed by atoms with Gasteiger partial charge >= 0.3 is 0 Å². The van der Waals surface area contributed by atoms with Crippen LogP contribution in [-0.4, -0.2) is 9.67 Å². The number of hydrogen-bond donors (Lipinski definition) is 1. The summed E-state index contributed by atoms with van der Waals surface area (Å²) < 4.78 is 2.50. The van der Waals surface area contributed by atoms with Crippen LogP contribution in [0.4, 0.5) is 0 Å². The normalized spacial score (nSPS) is 10.6. The number of phenols is 1. The van der Waals surface area contributed by atoms with Crippen molar-refractivity contribution in [1.29, 1.82) is 0 Å². The molecular formula is C14H14BrNO2. The number of nitrogens with zero attached hydrogens (tertiary/aromatic N) is 1. The number of benzene rings is 1. The SMILES string of the molecule is CCn1c(-c2ccc(O)cc2Br)ccc(C)c1=O. The Morgan fingerprint density at radius 1 is 1.28 bits per heavy atom. The predicted molar refractivity (Wildman–Crippen MR) is 75.9 cm³/mol. The number of phenolic OH excluding ortho intramolecular Hbond substituents is 1. The van der Waals surface area contributed by atoms with E-state index in [0.29, 0.717) is 6.54 Å². The van der Waals surface area contributed by atoms with E-state index in [2.05, 4.69) is 15.9 Å². The van der Waals surface area contributed by atoms with Crippen LogP contribution in [0.5, 0.6) is 5.75 Å². The standard InChI is InChI=1S/C14H14BrNO2/c1-3-16-13(7-4-9(2)14(16)18)11-6-5-10(17)8-12(11)15/h4-8,17H,3H2,1-2H3. The molecule has 0 atom stereocenters. The third-order valence-electron chi connectivity index (χ3n) is 2.91. The van der Waals surface area contributed by atoms with Crippen molar-refractivity contribution < 1.29 is 5.11 Å². The minimum atomic E-state index is 0.0231. The van der Waals surface area contributed by atoms with Crippen molar-refractivity contribution in [3.8, 4) is 17.0 Å². The lowest BCUT2D eigenvalue weighted by Crippen LogP contribution is -2.22. The Bertz CT molecular complexity index is 647. The molecule has 3 nitrogen and oxygen atoms in total. The number of aromatic nitrogens is 1. The van der Waals surface area contributed by atoms with Crippen LogP contribution in [0.25, 0.3) is 11.3 Å². The van der Waals surface area contributed by atoms with Crippen LogP contribution in [-0.2, 0) is 6.54 Å². The maximum absolute atomic E-state index is 12.1. The van der Waals surface area contributed by atoms with Crippen molar-refractivity contribution in [3.63, 3.8) is 0 Å². The molecule has 0 unspecified atom stereocenters. The lowest BCUT2D eigenvalue weighted by molar-refractivity contribution is 0.475. The van der Waals surface area contributed by atoms with Gasteiger partial charge in [0.1, 0.15) is 5.75 Å². The highest BCUT2D eigenvalue weighted by Crippen LogP contribution is 2.30. The molecule has 18 heavy (non-hydrogen) atoms. The highest BCUT2D eigenvalue weighted by Gasteiger charge is 2.10. The molecule has 0 saturated heterocycles. The predicted octanol–water partition coefficient (Wildman–Crippen LogP) is 3.31. The number of hydrogen-bond acceptors (Lipinski definition) is 2. The molecule has 0 amide bonds. The van der Waals surface area contributed by atoms with Crippen molar-refractivity contribution in [2.45, 2.75) is 20.4 Å². The summed E-state index contributed by atoms with van der Waals surface area (Å²) in [4.78, 5) is 12.1. The first kappa shape index (κ1) is 12.9. The van der Waals surface area contributed by atoms with Gasteiger partial charge in [0, 0.05) is 22.1 Å². The smallest absolute Gasteiger partial charge is 0.253 e. The van der Waals surface area contributed by atoms with Crippen LogP contribution in [0.15, 0.2) is 39.6 Å². The lowest BCUT2D eigenvalue weighted by Gasteiger charge is -2.13. The van der Waals surface area contributed by atoms with Gasteiger partial charge in [0.15, 0.2) is 0 Å². The van der Waals surface area contributed by atoms with Gasteiger partial charge in [-0.1, -0.05) is 6.07 Å². The fraction of sp³-hybridized carbons (Fsp3) is 0.214. The first-order valence-corrected chi connectivity index (χ1v) is 6.53. The van der Waals surface area contributed by atoms with E-state index in [1.54, 1.807) is 22.8 Å². The molecule has 1 heterocycles. The molecule has 0 saturated carbocycles. The van der Waals surface area contributed by atoms with Gasteiger partial charge in [-0.3, -0.25) is 4.79 Å². The van der Waals surface area contributed by atoms with Crippen molar-refractivity contribution in [2.24, 2.45) is 0 Å². The molecule has 0 radical (unpaired) electrons. The van der Waals surface area contributed by atoms with Crippen LogP contribution >= 0.6 is 15.9 Å². The van der Waals surface area contributed by atoms with E-state index in [1.165, 1.54) is 0 Å². The third kappa shape index (κ3) is 2.20. The molecule has 4 heteroatoms. The number of aryl methyl sites for hydroxylation is 1. The highest BCUT2D eigenvalue weighted by molar-refractivity contribution is 9.10. The molecule has 1 aromatic heterocycles. The van der Waals surface area contributed by atoms with Crippen LogP contribution in [0.3, 0.4) is 0 Å². The Hall–Kier alpha value is -1.55. The minimum absolute atomic E-state index is 0.0231. The number of aromatic hydroxyl groups is 1. The van der Waals surface area contributed by atoms with E-state index in [0.717, 1.165) is 21.3 Å². The highest BCUT2D eigenvalue weighted by atomic mass is 79.9. The second-order valence-electron chi connectivity index (χ2n) is 4.12. The Balaban J connectivity index is 2.71. The summed E-state index contributed by atoms with van der Waals surface area (Å²) in [5.74, 6) is 0.197. The average Bonchev–Trinajstić information content (AvgIpc) is 2.33. The Kier molecular flexibility index (Phi) is 3.57. The molecule has 2 aromatic rings. The fourth-order valence-electron chi connectivity index (χ4n) is 1.95. The van der Waals surface area contributed by atoms with Gasteiger partial charge < -0.3 is 9.67 Å². The van der Waals surface area contributed by atoms with Gasteiger partial charge in [0.05, 0.1) is 5.69 Å². The zero-order chi connectivity index (χ0) is 13.3. The summed E-state index contributed by atoms with van der Waals surface area (Å²) >= 11 is 3.41. The summed E-state index contributed by atoms with van der Waals surface area (Å²) in [6.07, 6.45) is 0. The van der Waals surface area contributed by atoms with Crippen LogP contribution in [0, 0.1) is 6.92 Å². The third-order valence-corrected chi connectivity index (χ3v) is 3.57. The Labute approximate surface area is 114 Å². The Morgan fingerprint density at radius 2 is 2.00 bits per heavy atom. The van der Waals surface area contributed by atoms with E-state index >= 15 is 0 Å². The maximum Gasteiger partial charge on any atom is 0.253 e. The van der Waals surface area contributed by atoms with E-state index in [1.807, 2.05) is 26.0 Å². The van der Waals surface area contributed by atoms with Crippen molar-refractivity contribution in [3.05, 3.63) is 50.7 Å². The molecule has 2 rings (SSSR count). The number of pyridine rings is 1. The summed E-state index contributed by atoms with van der Waals surface area (Å²) in [5.41, 5.74) is 2.50. The van der Waals surface area contributed by atoms with Crippen LogP contribution < -0.4 is 5.56 Å². The van der Waals surface area contributed by atoms with Gasteiger partial charge in [0.25, 0.3) is 5.56 Å². The molecule has 94 valence electrons. The van der Waals surface area contributed by atoms with Crippen LogP contribution in [0.1, 0.15) is 12.5 Å². The van der Waals surface area contributed by atoms with E-state index in [9.17, 15) is 9.90 Å². The number of rotatable bonds is 2. The quantitative estimate of drug-likeness (QED) is 0.925.